The van der Waals surface area contributed by atoms with E-state index in [4.69, 9.17) is 10.1 Å². The van der Waals surface area contributed by atoms with E-state index in [1.165, 1.54) is 5.57 Å². The van der Waals surface area contributed by atoms with Gasteiger partial charge >= 0.3 is 5.97 Å². The Hall–Kier alpha value is -1.41. The number of aliphatic carboxylic acids is 1. The zero-order valence-corrected chi connectivity index (χ0v) is 20.1. The Bertz CT molecular complexity index is 837. The monoisotopic (exact) mass is 427 g/mol. The number of aliphatic imine (C=N–C) groups is 1. The first-order chi connectivity index (χ1) is 12.8. The van der Waals surface area contributed by atoms with Gasteiger partial charge in [-0.1, -0.05) is 62.3 Å². The zero-order valence-electron chi connectivity index (χ0n) is 19.3. The molecule has 0 radical (unpaired) electrons. The molecular weight excluding hydrogens is 390 g/mol. The highest BCUT2D eigenvalue weighted by Gasteiger charge is 2.47. The van der Waals surface area contributed by atoms with Crippen LogP contribution in [0.5, 0.6) is 0 Å². The Morgan fingerprint density at radius 3 is 2.07 bits per heavy atom. The second kappa shape index (κ2) is 7.38. The van der Waals surface area contributed by atoms with Crippen LogP contribution in [0.1, 0.15) is 68.7 Å². The van der Waals surface area contributed by atoms with Crippen LogP contribution in [0.4, 0.5) is 0 Å². The molecule has 0 aromatic carbocycles. The minimum absolute atomic E-state index is 0.00245. The Morgan fingerprint density at radius 1 is 1.10 bits per heavy atom. The lowest BCUT2D eigenvalue weighted by Gasteiger charge is -2.45. The van der Waals surface area contributed by atoms with E-state index >= 15 is 0 Å². The maximum absolute atomic E-state index is 12.2. The molecule has 7 nitrogen and oxygen atoms in total. The lowest BCUT2D eigenvalue weighted by molar-refractivity contribution is -0.134. The molecule has 1 saturated heterocycles. The summed E-state index contributed by atoms with van der Waals surface area (Å²) in [5.41, 5.74) is 1.94. The van der Waals surface area contributed by atoms with Crippen molar-refractivity contribution < 1.29 is 18.3 Å². The Morgan fingerprint density at radius 2 is 1.66 bits per heavy atom. The molecule has 166 valence electrons. The Labute approximate surface area is 175 Å². The number of sulfonamides is 1. The van der Waals surface area contributed by atoms with Gasteiger partial charge in [-0.2, -0.15) is 0 Å². The fraction of sp³-hybridized carbons (Fsp3) is 0.810. The number of amidine groups is 1. The summed E-state index contributed by atoms with van der Waals surface area (Å²) in [4.78, 5) is 18.3. The maximum atomic E-state index is 12.2. The lowest BCUT2D eigenvalue weighted by Crippen LogP contribution is -2.47. The third kappa shape index (κ3) is 5.40. The highest BCUT2D eigenvalue weighted by molar-refractivity contribution is 7.90. The number of rotatable bonds is 4. The molecule has 0 amide bonds. The number of carbonyl (C=O) groups is 1. The van der Waals surface area contributed by atoms with E-state index < -0.39 is 21.7 Å². The summed E-state index contributed by atoms with van der Waals surface area (Å²) in [5, 5.41) is 8.89. The van der Waals surface area contributed by atoms with Gasteiger partial charge in [0.1, 0.15) is 5.84 Å². The average molecular weight is 428 g/mol. The normalized spacial score (nSPS) is 23.9. The van der Waals surface area contributed by atoms with Crippen molar-refractivity contribution in [1.82, 2.24) is 9.62 Å². The number of nitrogens with zero attached hydrogens (tertiary/aromatic N) is 2. The number of nitrogens with one attached hydrogen (secondary N) is 1. The van der Waals surface area contributed by atoms with E-state index in [1.807, 2.05) is 0 Å². The molecule has 0 aromatic heterocycles. The molecule has 29 heavy (non-hydrogen) atoms. The smallest absolute Gasteiger partial charge is 0.320 e. The number of fused-ring (bicyclic) bond motifs is 1. The summed E-state index contributed by atoms with van der Waals surface area (Å²) in [5.74, 6) is -1.31. The molecule has 0 saturated carbocycles. The van der Waals surface area contributed by atoms with Gasteiger partial charge in [0.2, 0.25) is 10.0 Å². The van der Waals surface area contributed by atoms with Gasteiger partial charge in [-0.3, -0.25) is 9.79 Å². The molecule has 0 aromatic rings. The molecule has 2 heterocycles. The van der Waals surface area contributed by atoms with Gasteiger partial charge in [0, 0.05) is 30.1 Å². The second-order valence-corrected chi connectivity index (χ2v) is 13.1. The number of carboxylic acids is 1. The van der Waals surface area contributed by atoms with E-state index in [9.17, 15) is 13.2 Å². The summed E-state index contributed by atoms with van der Waals surface area (Å²) in [7, 11) is -3.89. The van der Waals surface area contributed by atoms with Crippen molar-refractivity contribution in [1.29, 1.82) is 0 Å². The van der Waals surface area contributed by atoms with Gasteiger partial charge in [-0.25, -0.2) is 13.1 Å². The molecule has 2 unspecified atom stereocenters. The van der Waals surface area contributed by atoms with Gasteiger partial charge in [0.15, 0.2) is 5.75 Å². The van der Waals surface area contributed by atoms with Gasteiger partial charge in [0.05, 0.1) is 6.04 Å². The SMILES string of the molecule is CC(C)(C)C1=NC(C(C)(C)C)C(C(C)(C)C)=C2CC(NS(=O)(=O)CC(=O)O)CN12. The van der Waals surface area contributed by atoms with E-state index in [-0.39, 0.29) is 28.3 Å². The minimum atomic E-state index is -3.89. The van der Waals surface area contributed by atoms with Crippen LogP contribution >= 0.6 is 0 Å². The largest absolute Gasteiger partial charge is 0.480 e. The number of carboxylic acid groups (broad SMARTS) is 1. The summed E-state index contributed by atoms with van der Waals surface area (Å²) in [6.07, 6.45) is 0.535. The van der Waals surface area contributed by atoms with Crippen molar-refractivity contribution in [2.75, 3.05) is 12.3 Å². The van der Waals surface area contributed by atoms with Crippen molar-refractivity contribution in [2.45, 2.75) is 80.8 Å². The highest BCUT2D eigenvalue weighted by atomic mass is 32.2. The zero-order chi connectivity index (χ0) is 22.6. The first-order valence-corrected chi connectivity index (χ1v) is 11.8. The van der Waals surface area contributed by atoms with Crippen LogP contribution in [-0.2, 0) is 14.8 Å². The quantitative estimate of drug-likeness (QED) is 0.718. The van der Waals surface area contributed by atoms with Crippen LogP contribution in [0.25, 0.3) is 0 Å². The van der Waals surface area contributed by atoms with Gasteiger partial charge < -0.3 is 10.0 Å². The fourth-order valence-corrected chi connectivity index (χ4v) is 5.30. The molecule has 0 bridgehead atoms. The maximum Gasteiger partial charge on any atom is 0.320 e. The average Bonchev–Trinajstić information content (AvgIpc) is 2.81. The first kappa shape index (κ1) is 23.9. The Balaban J connectivity index is 2.56. The van der Waals surface area contributed by atoms with E-state index in [0.717, 1.165) is 11.5 Å². The van der Waals surface area contributed by atoms with Crippen LogP contribution in [0.2, 0.25) is 0 Å². The summed E-state index contributed by atoms with van der Waals surface area (Å²) >= 11 is 0. The van der Waals surface area contributed by atoms with E-state index in [0.29, 0.717) is 13.0 Å². The molecule has 0 spiro atoms. The highest BCUT2D eigenvalue weighted by Crippen LogP contribution is 2.47. The van der Waals surface area contributed by atoms with Crippen LogP contribution in [0.3, 0.4) is 0 Å². The third-order valence-electron chi connectivity index (χ3n) is 5.22. The van der Waals surface area contributed by atoms with Gasteiger partial charge in [-0.15, -0.1) is 0 Å². The molecule has 2 N–H and O–H groups in total. The molecule has 2 aliphatic heterocycles. The van der Waals surface area contributed by atoms with Crippen molar-refractivity contribution in [3.63, 3.8) is 0 Å². The lowest BCUT2D eigenvalue weighted by atomic mass is 9.70. The van der Waals surface area contributed by atoms with Crippen LogP contribution in [0.15, 0.2) is 16.3 Å². The predicted molar refractivity (Wildman–Crippen MR) is 116 cm³/mol. The van der Waals surface area contributed by atoms with Crippen molar-refractivity contribution in [3.8, 4) is 0 Å². The van der Waals surface area contributed by atoms with E-state index in [1.54, 1.807) is 0 Å². The minimum Gasteiger partial charge on any atom is -0.480 e. The van der Waals surface area contributed by atoms with Crippen LogP contribution < -0.4 is 4.72 Å². The second-order valence-electron chi connectivity index (χ2n) is 11.4. The molecule has 2 atom stereocenters. The molecular formula is C21H37N3O4S. The summed E-state index contributed by atoms with van der Waals surface area (Å²) < 4.78 is 27.1. The molecule has 0 aliphatic carbocycles. The molecule has 2 rings (SSSR count). The van der Waals surface area contributed by atoms with Gasteiger partial charge in [-0.05, 0) is 16.4 Å². The van der Waals surface area contributed by atoms with Crippen molar-refractivity contribution in [3.05, 3.63) is 11.3 Å². The predicted octanol–water partition coefficient (Wildman–Crippen LogP) is 3.24. The van der Waals surface area contributed by atoms with Gasteiger partial charge in [0.25, 0.3) is 0 Å². The first-order valence-electron chi connectivity index (χ1n) is 10.1. The van der Waals surface area contributed by atoms with Crippen LogP contribution in [0, 0.1) is 16.2 Å². The topological polar surface area (TPSA) is 99.1 Å². The van der Waals surface area contributed by atoms with Crippen molar-refractivity contribution >= 4 is 21.8 Å². The van der Waals surface area contributed by atoms with Crippen LogP contribution in [-0.4, -0.2) is 54.6 Å². The standard InChI is InChI=1S/C21H37N3O4S/c1-19(2,3)16-14-10-13(23-29(27,28)12-15(25)26)11-24(14)18(21(7,8)9)22-17(16)20(4,5)6/h13,17,23H,10-12H2,1-9H3,(H,25,26). The molecule has 2 aliphatic rings. The molecule has 8 heteroatoms. The summed E-state index contributed by atoms with van der Waals surface area (Å²) in [6.45, 7) is 19.9. The van der Waals surface area contributed by atoms with Crippen molar-refractivity contribution in [2.24, 2.45) is 21.2 Å². The Kier molecular flexibility index (Phi) is 6.07. The third-order valence-corrected chi connectivity index (χ3v) is 6.54. The molecule has 1 fully saturated rings. The van der Waals surface area contributed by atoms with E-state index in [2.05, 4.69) is 71.9 Å². The number of hydrogen-bond acceptors (Lipinski definition) is 5. The number of hydrogen-bond donors (Lipinski definition) is 2. The summed E-state index contributed by atoms with van der Waals surface area (Å²) in [6, 6.07) is -0.379. The fourth-order valence-electron chi connectivity index (χ4n) is 4.23.